The second-order valence-electron chi connectivity index (χ2n) is 15.7. The fourth-order valence-electron chi connectivity index (χ4n) is 5.82. The van der Waals surface area contributed by atoms with Crippen molar-refractivity contribution in [3.8, 4) is 0 Å². The van der Waals surface area contributed by atoms with Crippen LogP contribution in [0.1, 0.15) is 187 Å². The Kier molecular flexibility index (Phi) is 36.2. The average molecular weight is 759 g/mol. The van der Waals surface area contributed by atoms with Gasteiger partial charge >= 0.3 is 13.8 Å². The lowest BCUT2D eigenvalue weighted by Gasteiger charge is -2.24. The van der Waals surface area contributed by atoms with Crippen molar-refractivity contribution in [3.63, 3.8) is 0 Å². The summed E-state index contributed by atoms with van der Waals surface area (Å²) in [6, 6.07) is 0. The summed E-state index contributed by atoms with van der Waals surface area (Å²) < 4.78 is 34.9. The summed E-state index contributed by atoms with van der Waals surface area (Å²) in [5.41, 5.74) is 0. The minimum Gasteiger partial charge on any atom is -0.457 e. The van der Waals surface area contributed by atoms with Crippen LogP contribution in [0.15, 0.2) is 24.3 Å². The molecule has 9 heteroatoms. The summed E-state index contributed by atoms with van der Waals surface area (Å²) >= 11 is 0. The molecule has 0 heterocycles. The van der Waals surface area contributed by atoms with Crippen LogP contribution in [-0.2, 0) is 27.9 Å². The minimum atomic E-state index is -4.27. The second kappa shape index (κ2) is 36.9. The summed E-state index contributed by atoms with van der Waals surface area (Å²) in [7, 11) is 1.66. The number of phosphoric acid groups is 1. The van der Waals surface area contributed by atoms with E-state index in [0.29, 0.717) is 24.1 Å². The topological polar surface area (TPSA) is 91.3 Å². The third kappa shape index (κ3) is 40.2. The van der Waals surface area contributed by atoms with Gasteiger partial charge in [0, 0.05) is 13.0 Å². The number of quaternary nitrogens is 1. The third-order valence-corrected chi connectivity index (χ3v) is 10.2. The Labute approximate surface area is 322 Å². The first-order valence-corrected chi connectivity index (χ1v) is 23.1. The molecule has 0 rings (SSSR count). The summed E-state index contributed by atoms with van der Waals surface area (Å²) in [4.78, 5) is 22.8. The van der Waals surface area contributed by atoms with E-state index < -0.39 is 13.9 Å². The standard InChI is InChI=1S/C43H84NO7P/c1-6-8-10-12-14-16-18-20-21-22-23-24-25-26-28-30-32-34-36-43(45)51-42(41-50-52(46,47)49-39-37-44(3,4)5)40-48-38-35-33-31-29-27-19-17-15-13-11-9-7-2/h13,15,21-22,42H,6-12,14,16-20,23-41H2,1-5H3/p+1/b15-13-,22-21-. The predicted octanol–water partition coefficient (Wildman–Crippen LogP) is 12.4. The van der Waals surface area contributed by atoms with E-state index in [1.54, 1.807) is 0 Å². The van der Waals surface area contributed by atoms with Crippen LogP contribution in [0.2, 0.25) is 0 Å². The maximum atomic E-state index is 12.7. The van der Waals surface area contributed by atoms with Crippen molar-refractivity contribution in [2.24, 2.45) is 0 Å². The van der Waals surface area contributed by atoms with Gasteiger partial charge in [0.2, 0.25) is 0 Å². The first-order chi connectivity index (χ1) is 25.1. The molecule has 2 atom stereocenters. The maximum Gasteiger partial charge on any atom is 0.472 e. The average Bonchev–Trinajstić information content (AvgIpc) is 3.09. The molecule has 2 unspecified atom stereocenters. The van der Waals surface area contributed by atoms with Crippen molar-refractivity contribution >= 4 is 13.8 Å². The molecule has 0 aliphatic heterocycles. The van der Waals surface area contributed by atoms with Gasteiger partial charge in [0.1, 0.15) is 19.3 Å². The molecule has 1 N–H and O–H groups in total. The lowest BCUT2D eigenvalue weighted by Crippen LogP contribution is -2.37. The SMILES string of the molecule is CCCC/C=C\CCCCCCCCOCC(COP(=O)(O)OCC[N+](C)(C)C)OC(=O)CCCCCCCCC/C=C\CCCCCCCCC. The van der Waals surface area contributed by atoms with E-state index in [0.717, 1.165) is 32.1 Å². The van der Waals surface area contributed by atoms with Crippen LogP contribution in [-0.4, -0.2) is 75.6 Å². The number of allylic oxidation sites excluding steroid dienone is 4. The molecule has 0 fully saturated rings. The Hall–Kier alpha value is -1.02. The number of carbonyl (C=O) groups is 1. The van der Waals surface area contributed by atoms with E-state index in [2.05, 4.69) is 38.2 Å². The Bertz CT molecular complexity index is 889. The number of hydrogen-bond donors (Lipinski definition) is 1. The Morgan fingerprint density at radius 3 is 1.52 bits per heavy atom. The molecule has 308 valence electrons. The first-order valence-electron chi connectivity index (χ1n) is 21.6. The van der Waals surface area contributed by atoms with Crippen LogP contribution in [0.4, 0.5) is 0 Å². The van der Waals surface area contributed by atoms with Gasteiger partial charge in [0.15, 0.2) is 0 Å². The Morgan fingerprint density at radius 1 is 0.577 bits per heavy atom. The van der Waals surface area contributed by atoms with Gasteiger partial charge in [0.25, 0.3) is 0 Å². The molecule has 0 aromatic heterocycles. The highest BCUT2D eigenvalue weighted by Gasteiger charge is 2.26. The number of hydrogen-bond acceptors (Lipinski definition) is 6. The summed E-state index contributed by atoms with van der Waals surface area (Å²) in [6.07, 6.45) is 40.6. The molecule has 0 amide bonds. The molecular formula is C43H85NO7P+. The third-order valence-electron chi connectivity index (χ3n) is 9.24. The second-order valence-corrected chi connectivity index (χ2v) is 17.2. The van der Waals surface area contributed by atoms with Gasteiger partial charge in [-0.05, 0) is 57.8 Å². The van der Waals surface area contributed by atoms with E-state index in [1.807, 2.05) is 21.1 Å². The van der Waals surface area contributed by atoms with E-state index in [4.69, 9.17) is 18.5 Å². The maximum absolute atomic E-state index is 12.7. The zero-order valence-electron chi connectivity index (χ0n) is 34.8. The normalized spacial score (nSPS) is 14.0. The van der Waals surface area contributed by atoms with Gasteiger partial charge in [-0.15, -0.1) is 0 Å². The van der Waals surface area contributed by atoms with Crippen LogP contribution < -0.4 is 0 Å². The highest BCUT2D eigenvalue weighted by molar-refractivity contribution is 7.47. The number of ether oxygens (including phenoxy) is 2. The van der Waals surface area contributed by atoms with E-state index in [1.165, 1.54) is 135 Å². The van der Waals surface area contributed by atoms with Crippen molar-refractivity contribution in [1.29, 1.82) is 0 Å². The molecule has 0 aromatic carbocycles. The van der Waals surface area contributed by atoms with Crippen LogP contribution in [0.5, 0.6) is 0 Å². The number of carbonyl (C=O) groups excluding carboxylic acids is 1. The Balaban J connectivity index is 4.22. The highest BCUT2D eigenvalue weighted by Crippen LogP contribution is 2.43. The molecule has 0 bridgehead atoms. The van der Waals surface area contributed by atoms with E-state index >= 15 is 0 Å². The van der Waals surface area contributed by atoms with Crippen molar-refractivity contribution in [2.75, 3.05) is 54.1 Å². The summed E-state index contributed by atoms with van der Waals surface area (Å²) in [5, 5.41) is 0. The number of rotatable bonds is 40. The van der Waals surface area contributed by atoms with Gasteiger partial charge in [-0.1, -0.05) is 147 Å². The molecular weight excluding hydrogens is 673 g/mol. The van der Waals surface area contributed by atoms with Gasteiger partial charge in [-0.2, -0.15) is 0 Å². The fourth-order valence-corrected chi connectivity index (χ4v) is 6.56. The number of nitrogens with zero attached hydrogens (tertiary/aromatic N) is 1. The van der Waals surface area contributed by atoms with Crippen LogP contribution >= 0.6 is 7.82 Å². The van der Waals surface area contributed by atoms with Crippen LogP contribution in [0.25, 0.3) is 0 Å². The zero-order valence-corrected chi connectivity index (χ0v) is 35.7. The zero-order chi connectivity index (χ0) is 38.4. The quantitative estimate of drug-likeness (QED) is 0.0219. The van der Waals surface area contributed by atoms with E-state index in [-0.39, 0.29) is 25.8 Å². The van der Waals surface area contributed by atoms with E-state index in [9.17, 15) is 14.3 Å². The highest BCUT2D eigenvalue weighted by atomic mass is 31.2. The molecule has 52 heavy (non-hydrogen) atoms. The lowest BCUT2D eigenvalue weighted by molar-refractivity contribution is -0.870. The number of unbranched alkanes of at least 4 members (excludes halogenated alkanes) is 22. The van der Waals surface area contributed by atoms with Crippen LogP contribution in [0, 0.1) is 0 Å². The predicted molar refractivity (Wildman–Crippen MR) is 220 cm³/mol. The van der Waals surface area contributed by atoms with Crippen molar-refractivity contribution in [1.82, 2.24) is 0 Å². The number of esters is 1. The largest absolute Gasteiger partial charge is 0.472 e. The van der Waals surface area contributed by atoms with Crippen molar-refractivity contribution < 1.29 is 37.3 Å². The molecule has 0 saturated heterocycles. The summed E-state index contributed by atoms with van der Waals surface area (Å²) in [5.74, 6) is -0.320. The Morgan fingerprint density at radius 2 is 1.02 bits per heavy atom. The minimum absolute atomic E-state index is 0.0876. The molecule has 0 aromatic rings. The number of likely N-dealkylation sites (N-methyl/N-ethyl adjacent to an activating group) is 1. The molecule has 0 aliphatic carbocycles. The summed E-state index contributed by atoms with van der Waals surface area (Å²) in [6.45, 7) is 5.58. The smallest absolute Gasteiger partial charge is 0.457 e. The van der Waals surface area contributed by atoms with Gasteiger partial charge in [-0.25, -0.2) is 4.57 Å². The van der Waals surface area contributed by atoms with Gasteiger partial charge in [-0.3, -0.25) is 13.8 Å². The molecule has 0 saturated carbocycles. The first kappa shape index (κ1) is 51.0. The molecule has 8 nitrogen and oxygen atoms in total. The fraction of sp³-hybridized carbons (Fsp3) is 0.884. The monoisotopic (exact) mass is 759 g/mol. The van der Waals surface area contributed by atoms with Crippen molar-refractivity contribution in [2.45, 2.75) is 193 Å². The van der Waals surface area contributed by atoms with Crippen LogP contribution in [0.3, 0.4) is 0 Å². The molecule has 0 radical (unpaired) electrons. The number of phosphoric ester groups is 1. The molecule has 0 spiro atoms. The molecule has 0 aliphatic rings. The lowest BCUT2D eigenvalue weighted by atomic mass is 10.1. The van der Waals surface area contributed by atoms with Crippen molar-refractivity contribution in [3.05, 3.63) is 24.3 Å². The van der Waals surface area contributed by atoms with Gasteiger partial charge < -0.3 is 18.9 Å². The van der Waals surface area contributed by atoms with Gasteiger partial charge in [0.05, 0.1) is 34.4 Å².